The molecule has 9 heteroatoms. The van der Waals surface area contributed by atoms with Crippen LogP contribution >= 0.6 is 0 Å². The Balaban J connectivity index is 1.37. The summed E-state index contributed by atoms with van der Waals surface area (Å²) in [5.41, 5.74) is 1.29. The fourth-order valence-electron chi connectivity index (χ4n) is 4.74. The summed E-state index contributed by atoms with van der Waals surface area (Å²) < 4.78 is 15.3. The van der Waals surface area contributed by atoms with Crippen molar-refractivity contribution in [3.05, 3.63) is 60.1 Å². The number of aliphatic hydroxyl groups excluding tert-OH is 1. The lowest BCUT2D eigenvalue weighted by Crippen LogP contribution is -2.45. The Morgan fingerprint density at radius 3 is 3.03 bits per heavy atom. The van der Waals surface area contributed by atoms with E-state index in [4.69, 9.17) is 0 Å². The Hall–Kier alpha value is -2.91. The van der Waals surface area contributed by atoms with E-state index >= 15 is 0 Å². The molecule has 5 rings (SSSR count). The van der Waals surface area contributed by atoms with Gasteiger partial charge in [-0.1, -0.05) is 0 Å². The summed E-state index contributed by atoms with van der Waals surface area (Å²) in [5.74, 6) is -0.593. The van der Waals surface area contributed by atoms with E-state index < -0.39 is 5.54 Å². The quantitative estimate of drug-likeness (QED) is 0.665. The first-order valence-corrected chi connectivity index (χ1v) is 10.1. The lowest BCUT2D eigenvalue weighted by atomic mass is 10.1. The number of amides is 1. The van der Waals surface area contributed by atoms with Crippen LogP contribution in [-0.2, 0) is 0 Å². The second-order valence-electron chi connectivity index (χ2n) is 8.35. The van der Waals surface area contributed by atoms with E-state index in [0.29, 0.717) is 11.2 Å². The molecule has 3 aromatic heterocycles. The third kappa shape index (κ3) is 3.14. The molecular formula is C21H23FN6O2. The molecule has 0 spiro atoms. The van der Waals surface area contributed by atoms with Crippen molar-refractivity contribution in [2.24, 2.45) is 0 Å². The van der Waals surface area contributed by atoms with Crippen LogP contribution in [0.3, 0.4) is 0 Å². The minimum absolute atomic E-state index is 0.0255. The maximum atomic E-state index is 13.8. The zero-order chi connectivity index (χ0) is 20.9. The van der Waals surface area contributed by atoms with Gasteiger partial charge in [0.1, 0.15) is 11.4 Å². The average molecular weight is 410 g/mol. The number of likely N-dealkylation sites (tertiary alicyclic amines) is 1. The Kier molecular flexibility index (Phi) is 4.52. The maximum absolute atomic E-state index is 13.8. The SMILES string of the molecule is CC1(NC(=O)c2cnn3cccnc23)CC1N1[C@H](CO)CC[C@@H]1c1cncc(F)c1. The van der Waals surface area contributed by atoms with E-state index in [1.807, 2.05) is 6.92 Å². The number of carbonyl (C=O) groups excluding carboxylic acids is 1. The van der Waals surface area contributed by atoms with E-state index in [9.17, 15) is 14.3 Å². The van der Waals surface area contributed by atoms with Crippen molar-refractivity contribution in [2.75, 3.05) is 6.61 Å². The van der Waals surface area contributed by atoms with Crippen molar-refractivity contribution >= 4 is 11.6 Å². The van der Waals surface area contributed by atoms with Gasteiger partial charge in [0.15, 0.2) is 5.65 Å². The molecule has 2 fully saturated rings. The van der Waals surface area contributed by atoms with Crippen LogP contribution in [0.15, 0.2) is 43.1 Å². The van der Waals surface area contributed by atoms with E-state index in [-0.39, 0.29) is 36.5 Å². The Labute approximate surface area is 172 Å². The minimum Gasteiger partial charge on any atom is -0.395 e. The van der Waals surface area contributed by atoms with Gasteiger partial charge in [-0.2, -0.15) is 5.10 Å². The van der Waals surface area contributed by atoms with Gasteiger partial charge in [-0.3, -0.25) is 14.7 Å². The molecule has 1 saturated carbocycles. The van der Waals surface area contributed by atoms with Crippen LogP contribution < -0.4 is 5.32 Å². The fraction of sp³-hybridized carbons (Fsp3) is 0.429. The van der Waals surface area contributed by atoms with Gasteiger partial charge in [0.05, 0.1) is 24.5 Å². The number of aromatic nitrogens is 4. The molecule has 3 aromatic rings. The van der Waals surface area contributed by atoms with Gasteiger partial charge in [-0.15, -0.1) is 0 Å². The van der Waals surface area contributed by atoms with E-state index in [0.717, 1.165) is 24.8 Å². The summed E-state index contributed by atoms with van der Waals surface area (Å²) in [6.07, 6.45) is 10.2. The molecule has 0 aromatic carbocycles. The summed E-state index contributed by atoms with van der Waals surface area (Å²) in [4.78, 5) is 23.4. The third-order valence-electron chi connectivity index (χ3n) is 6.35. The highest BCUT2D eigenvalue weighted by Gasteiger charge is 2.58. The smallest absolute Gasteiger partial charge is 0.257 e. The Morgan fingerprint density at radius 2 is 2.23 bits per heavy atom. The highest BCUT2D eigenvalue weighted by molar-refractivity contribution is 6.00. The largest absolute Gasteiger partial charge is 0.395 e. The van der Waals surface area contributed by atoms with Crippen LogP contribution in [0.2, 0.25) is 0 Å². The Bertz CT molecular complexity index is 1100. The van der Waals surface area contributed by atoms with Gasteiger partial charge in [0, 0.05) is 36.7 Å². The summed E-state index contributed by atoms with van der Waals surface area (Å²) in [6, 6.07) is 3.24. The first kappa shape index (κ1) is 19.1. The van der Waals surface area contributed by atoms with Crippen LogP contribution in [0.1, 0.15) is 48.1 Å². The molecule has 1 aliphatic heterocycles. The van der Waals surface area contributed by atoms with Crippen molar-refractivity contribution < 1.29 is 14.3 Å². The number of hydrogen-bond donors (Lipinski definition) is 2. The van der Waals surface area contributed by atoms with Crippen LogP contribution in [0.4, 0.5) is 4.39 Å². The lowest BCUT2D eigenvalue weighted by molar-refractivity contribution is 0.0890. The highest BCUT2D eigenvalue weighted by Crippen LogP contribution is 2.49. The third-order valence-corrected chi connectivity index (χ3v) is 6.35. The number of halogens is 1. The second kappa shape index (κ2) is 7.10. The van der Waals surface area contributed by atoms with E-state index in [1.54, 1.807) is 29.2 Å². The van der Waals surface area contributed by atoms with Gasteiger partial charge in [0.25, 0.3) is 5.91 Å². The number of rotatable bonds is 5. The molecule has 2 N–H and O–H groups in total. The monoisotopic (exact) mass is 410 g/mol. The minimum atomic E-state index is -0.448. The zero-order valence-corrected chi connectivity index (χ0v) is 16.6. The predicted octanol–water partition coefficient (Wildman–Crippen LogP) is 1.72. The maximum Gasteiger partial charge on any atom is 0.257 e. The molecule has 0 bridgehead atoms. The van der Waals surface area contributed by atoms with Gasteiger partial charge < -0.3 is 10.4 Å². The predicted molar refractivity (Wildman–Crippen MR) is 106 cm³/mol. The van der Waals surface area contributed by atoms with Gasteiger partial charge in [-0.25, -0.2) is 13.9 Å². The molecule has 1 amide bonds. The van der Waals surface area contributed by atoms with Crippen molar-refractivity contribution in [2.45, 2.75) is 49.9 Å². The molecule has 1 aliphatic carbocycles. The van der Waals surface area contributed by atoms with Crippen LogP contribution in [0, 0.1) is 5.82 Å². The number of aliphatic hydroxyl groups is 1. The van der Waals surface area contributed by atoms with Gasteiger partial charge >= 0.3 is 0 Å². The second-order valence-corrected chi connectivity index (χ2v) is 8.35. The molecule has 1 saturated heterocycles. The number of nitrogens with one attached hydrogen (secondary N) is 1. The summed E-state index contributed by atoms with van der Waals surface area (Å²) in [5, 5.41) is 17.2. The van der Waals surface area contributed by atoms with Crippen molar-refractivity contribution in [1.29, 1.82) is 0 Å². The molecule has 30 heavy (non-hydrogen) atoms. The van der Waals surface area contributed by atoms with Gasteiger partial charge in [-0.05, 0) is 43.9 Å². The first-order chi connectivity index (χ1) is 14.5. The van der Waals surface area contributed by atoms with Crippen LogP contribution in [0.25, 0.3) is 5.65 Å². The molecular weight excluding hydrogens is 387 g/mol. The molecule has 2 unspecified atom stereocenters. The molecule has 4 heterocycles. The number of pyridine rings is 1. The summed E-state index contributed by atoms with van der Waals surface area (Å²) >= 11 is 0. The van der Waals surface area contributed by atoms with E-state index in [2.05, 4.69) is 25.3 Å². The Morgan fingerprint density at radius 1 is 1.37 bits per heavy atom. The molecule has 0 radical (unpaired) electrons. The summed E-state index contributed by atoms with van der Waals surface area (Å²) in [6.45, 7) is 2.03. The van der Waals surface area contributed by atoms with Gasteiger partial charge in [0.2, 0.25) is 0 Å². The van der Waals surface area contributed by atoms with E-state index in [1.165, 1.54) is 18.5 Å². The van der Waals surface area contributed by atoms with Crippen LogP contribution in [-0.4, -0.2) is 59.7 Å². The number of hydrogen-bond acceptors (Lipinski definition) is 6. The van der Waals surface area contributed by atoms with Crippen molar-refractivity contribution in [3.63, 3.8) is 0 Å². The topological polar surface area (TPSA) is 95.7 Å². The zero-order valence-electron chi connectivity index (χ0n) is 16.6. The van der Waals surface area contributed by atoms with Crippen molar-refractivity contribution in [1.82, 2.24) is 29.8 Å². The normalized spacial score (nSPS) is 28.7. The molecule has 2 aliphatic rings. The molecule has 156 valence electrons. The standard InChI is InChI=1S/C21H23FN6O2/c1-21(26-20(30)16-11-25-27-6-2-5-24-19(16)27)8-18(21)28-15(12-29)3-4-17(28)13-7-14(22)10-23-9-13/h2,5-7,9-11,15,17-18,29H,3-4,8,12H2,1H3,(H,26,30)/t15-,17+,18?,21?/m0/s1. The fourth-order valence-corrected chi connectivity index (χ4v) is 4.74. The average Bonchev–Trinajstić information content (AvgIpc) is 3.11. The molecule has 8 nitrogen and oxygen atoms in total. The highest BCUT2D eigenvalue weighted by atomic mass is 19.1. The molecule has 4 atom stereocenters. The number of fused-ring (bicyclic) bond motifs is 1. The first-order valence-electron chi connectivity index (χ1n) is 10.1. The van der Waals surface area contributed by atoms with Crippen molar-refractivity contribution in [3.8, 4) is 0 Å². The number of carbonyl (C=O) groups is 1. The number of nitrogens with zero attached hydrogens (tertiary/aromatic N) is 5. The lowest BCUT2D eigenvalue weighted by Gasteiger charge is -2.32. The summed E-state index contributed by atoms with van der Waals surface area (Å²) in [7, 11) is 0. The van der Waals surface area contributed by atoms with Crippen LogP contribution in [0.5, 0.6) is 0 Å².